The highest BCUT2D eigenvalue weighted by molar-refractivity contribution is 5.79. The number of piperazine rings is 1. The van der Waals surface area contributed by atoms with Crippen molar-refractivity contribution in [2.45, 2.75) is 31.3 Å². The molecule has 3 heterocycles. The zero-order valence-electron chi connectivity index (χ0n) is 7.62. The average Bonchev–Trinajstić information content (AvgIpc) is 2.20. The molecule has 3 nitrogen and oxygen atoms in total. The van der Waals surface area contributed by atoms with Crippen LogP contribution < -0.4 is 5.32 Å². The third-order valence-corrected chi connectivity index (χ3v) is 2.92. The Bertz CT molecular complexity index is 248. The SMILES string of the molecule is C#CCC(=O)N1CC2CCC1CN2. The average molecular weight is 178 g/mol. The van der Waals surface area contributed by atoms with Crippen molar-refractivity contribution < 1.29 is 4.79 Å². The van der Waals surface area contributed by atoms with Gasteiger partial charge in [0, 0.05) is 25.2 Å². The zero-order valence-corrected chi connectivity index (χ0v) is 7.62. The van der Waals surface area contributed by atoms with Gasteiger partial charge in [0.25, 0.3) is 0 Å². The van der Waals surface area contributed by atoms with Crippen molar-refractivity contribution in [2.75, 3.05) is 13.1 Å². The van der Waals surface area contributed by atoms with Gasteiger partial charge in [-0.3, -0.25) is 4.79 Å². The Kier molecular flexibility index (Phi) is 2.24. The molecule has 70 valence electrons. The van der Waals surface area contributed by atoms with Crippen LogP contribution in [0.2, 0.25) is 0 Å². The minimum absolute atomic E-state index is 0.124. The smallest absolute Gasteiger partial charge is 0.234 e. The number of carbonyl (C=O) groups excluding carboxylic acids is 1. The van der Waals surface area contributed by atoms with Crippen molar-refractivity contribution in [1.29, 1.82) is 0 Å². The molecule has 3 fully saturated rings. The number of rotatable bonds is 1. The molecule has 0 aromatic carbocycles. The second kappa shape index (κ2) is 3.39. The van der Waals surface area contributed by atoms with Gasteiger partial charge in [-0.15, -0.1) is 6.42 Å². The van der Waals surface area contributed by atoms with E-state index in [1.54, 1.807) is 0 Å². The molecule has 2 bridgehead atoms. The van der Waals surface area contributed by atoms with E-state index in [2.05, 4.69) is 11.2 Å². The number of fused-ring (bicyclic) bond motifs is 3. The van der Waals surface area contributed by atoms with Crippen molar-refractivity contribution in [3.8, 4) is 12.3 Å². The van der Waals surface area contributed by atoms with Gasteiger partial charge in [0.05, 0.1) is 6.42 Å². The molecule has 0 radical (unpaired) electrons. The van der Waals surface area contributed by atoms with Gasteiger partial charge in [0.2, 0.25) is 5.91 Å². The van der Waals surface area contributed by atoms with Gasteiger partial charge in [0.1, 0.15) is 0 Å². The Morgan fingerprint density at radius 3 is 2.92 bits per heavy atom. The summed E-state index contributed by atoms with van der Waals surface area (Å²) in [7, 11) is 0. The maximum atomic E-state index is 11.5. The third kappa shape index (κ3) is 1.54. The Morgan fingerprint density at radius 2 is 2.46 bits per heavy atom. The van der Waals surface area contributed by atoms with E-state index in [1.807, 2.05) is 4.90 Å². The first-order valence-electron chi connectivity index (χ1n) is 4.77. The lowest BCUT2D eigenvalue weighted by Crippen LogP contribution is -2.62. The molecule has 0 spiro atoms. The molecule has 3 aliphatic rings. The summed E-state index contributed by atoms with van der Waals surface area (Å²) in [5.41, 5.74) is 0. The van der Waals surface area contributed by atoms with Crippen LogP contribution in [-0.4, -0.2) is 36.0 Å². The fraction of sp³-hybridized carbons (Fsp3) is 0.700. The molecule has 3 saturated heterocycles. The van der Waals surface area contributed by atoms with Crippen LogP contribution in [0, 0.1) is 12.3 Å². The van der Waals surface area contributed by atoms with Crippen molar-refractivity contribution in [1.82, 2.24) is 10.2 Å². The Labute approximate surface area is 78.5 Å². The summed E-state index contributed by atoms with van der Waals surface area (Å²) in [5.74, 6) is 2.54. The van der Waals surface area contributed by atoms with E-state index < -0.39 is 0 Å². The van der Waals surface area contributed by atoms with Crippen LogP contribution in [0.4, 0.5) is 0 Å². The molecule has 3 aliphatic heterocycles. The van der Waals surface area contributed by atoms with Crippen LogP contribution >= 0.6 is 0 Å². The van der Waals surface area contributed by atoms with Crippen LogP contribution in [0.5, 0.6) is 0 Å². The fourth-order valence-corrected chi connectivity index (χ4v) is 2.20. The predicted molar refractivity (Wildman–Crippen MR) is 50.0 cm³/mol. The molecule has 0 saturated carbocycles. The van der Waals surface area contributed by atoms with E-state index in [1.165, 1.54) is 6.42 Å². The summed E-state index contributed by atoms with van der Waals surface area (Å²) in [4.78, 5) is 13.5. The predicted octanol–water partition coefficient (Wildman–Crippen LogP) is -0.0275. The molecule has 2 unspecified atom stereocenters. The second-order valence-corrected chi connectivity index (χ2v) is 3.76. The minimum Gasteiger partial charge on any atom is -0.336 e. The highest BCUT2D eigenvalue weighted by Crippen LogP contribution is 2.22. The van der Waals surface area contributed by atoms with Crippen LogP contribution in [-0.2, 0) is 4.79 Å². The highest BCUT2D eigenvalue weighted by atomic mass is 16.2. The van der Waals surface area contributed by atoms with Crippen molar-refractivity contribution >= 4 is 5.91 Å². The maximum Gasteiger partial charge on any atom is 0.234 e. The topological polar surface area (TPSA) is 32.3 Å². The van der Waals surface area contributed by atoms with Gasteiger partial charge in [-0.1, -0.05) is 5.92 Å². The van der Waals surface area contributed by atoms with E-state index in [9.17, 15) is 4.79 Å². The summed E-state index contributed by atoms with van der Waals surface area (Å²) < 4.78 is 0. The lowest BCUT2D eigenvalue weighted by Gasteiger charge is -2.45. The molecule has 1 N–H and O–H groups in total. The number of piperidine rings is 2. The van der Waals surface area contributed by atoms with Gasteiger partial charge in [0.15, 0.2) is 0 Å². The minimum atomic E-state index is 0.124. The first-order valence-corrected chi connectivity index (χ1v) is 4.77. The first-order chi connectivity index (χ1) is 6.31. The van der Waals surface area contributed by atoms with Gasteiger partial charge in [-0.2, -0.15) is 0 Å². The molecule has 0 aromatic rings. The van der Waals surface area contributed by atoms with E-state index in [0.29, 0.717) is 12.1 Å². The number of nitrogens with zero attached hydrogens (tertiary/aromatic N) is 1. The number of nitrogens with one attached hydrogen (secondary N) is 1. The summed E-state index contributed by atoms with van der Waals surface area (Å²) in [6, 6.07) is 0.901. The number of amides is 1. The number of hydrogen-bond acceptors (Lipinski definition) is 2. The molecule has 3 heteroatoms. The molecule has 2 atom stereocenters. The fourth-order valence-electron chi connectivity index (χ4n) is 2.20. The van der Waals surface area contributed by atoms with E-state index in [0.717, 1.165) is 19.5 Å². The Balaban J connectivity index is 2.01. The first kappa shape index (κ1) is 8.58. The monoisotopic (exact) mass is 178 g/mol. The Hall–Kier alpha value is -1.01. The second-order valence-electron chi connectivity index (χ2n) is 3.76. The Morgan fingerprint density at radius 1 is 1.62 bits per heavy atom. The quantitative estimate of drug-likeness (QED) is 0.572. The van der Waals surface area contributed by atoms with E-state index in [-0.39, 0.29) is 12.3 Å². The van der Waals surface area contributed by atoms with Crippen molar-refractivity contribution in [3.63, 3.8) is 0 Å². The summed E-state index contributed by atoms with van der Waals surface area (Å²) in [5, 5.41) is 3.40. The summed E-state index contributed by atoms with van der Waals surface area (Å²) >= 11 is 0. The molecular formula is C10H14N2O. The van der Waals surface area contributed by atoms with Gasteiger partial charge in [-0.05, 0) is 12.8 Å². The van der Waals surface area contributed by atoms with Crippen molar-refractivity contribution in [2.24, 2.45) is 0 Å². The molecule has 0 aromatic heterocycles. The van der Waals surface area contributed by atoms with E-state index >= 15 is 0 Å². The molecule has 0 aliphatic carbocycles. The lowest BCUT2D eigenvalue weighted by molar-refractivity contribution is -0.136. The van der Waals surface area contributed by atoms with Gasteiger partial charge < -0.3 is 10.2 Å². The summed E-state index contributed by atoms with van der Waals surface area (Å²) in [6.45, 7) is 1.80. The van der Waals surface area contributed by atoms with Crippen LogP contribution in [0.1, 0.15) is 19.3 Å². The molecule has 3 rings (SSSR count). The largest absolute Gasteiger partial charge is 0.336 e. The van der Waals surface area contributed by atoms with Crippen molar-refractivity contribution in [3.05, 3.63) is 0 Å². The molecule has 1 amide bonds. The normalized spacial score (nSPS) is 31.5. The molecular weight excluding hydrogens is 164 g/mol. The highest BCUT2D eigenvalue weighted by Gasteiger charge is 2.35. The van der Waals surface area contributed by atoms with Gasteiger partial charge in [-0.25, -0.2) is 0 Å². The number of hydrogen-bond donors (Lipinski definition) is 1. The third-order valence-electron chi connectivity index (χ3n) is 2.92. The zero-order chi connectivity index (χ0) is 9.26. The van der Waals surface area contributed by atoms with Crippen LogP contribution in [0.15, 0.2) is 0 Å². The molecule has 13 heavy (non-hydrogen) atoms. The van der Waals surface area contributed by atoms with E-state index in [4.69, 9.17) is 6.42 Å². The summed E-state index contributed by atoms with van der Waals surface area (Å²) in [6.07, 6.45) is 7.71. The van der Waals surface area contributed by atoms with Gasteiger partial charge >= 0.3 is 0 Å². The number of carbonyl (C=O) groups is 1. The standard InChI is InChI=1S/C10H14N2O/c1-2-3-10(13)12-7-8-4-5-9(12)6-11-8/h1,8-9,11H,3-7H2. The van der Waals surface area contributed by atoms with Crippen LogP contribution in [0.25, 0.3) is 0 Å². The number of terminal acetylenes is 1. The van der Waals surface area contributed by atoms with Crippen LogP contribution in [0.3, 0.4) is 0 Å². The lowest BCUT2D eigenvalue weighted by atomic mass is 9.93. The maximum absolute atomic E-state index is 11.5.